The fourth-order valence-corrected chi connectivity index (χ4v) is 8.73. The molecule has 58 heavy (non-hydrogen) atoms. The second-order valence-electron chi connectivity index (χ2n) is 16.2. The van der Waals surface area contributed by atoms with Crippen molar-refractivity contribution >= 4 is 16.0 Å². The Morgan fingerprint density at radius 2 is 1.43 bits per heavy atom. The van der Waals surface area contributed by atoms with E-state index in [9.17, 15) is 18.3 Å². The van der Waals surface area contributed by atoms with Crippen LogP contribution in [0.3, 0.4) is 0 Å². The molecule has 11 heteroatoms. The highest BCUT2D eigenvalue weighted by atomic mass is 32.2. The summed E-state index contributed by atoms with van der Waals surface area (Å²) in [6.45, 7) is 9.30. The number of fused-ring (bicyclic) bond motifs is 1. The Hall–Kier alpha value is -5.23. The number of rotatable bonds is 16. The Bertz CT molecular complexity index is 2280. The molecule has 1 aliphatic rings. The van der Waals surface area contributed by atoms with Crippen LogP contribution in [0.1, 0.15) is 80.0 Å². The molecule has 0 bridgehead atoms. The summed E-state index contributed by atoms with van der Waals surface area (Å²) in [5.41, 5.74) is 6.11. The number of hydrogen-bond acceptors (Lipinski definition) is 9. The summed E-state index contributed by atoms with van der Waals surface area (Å²) in [7, 11) is -0.931. The van der Waals surface area contributed by atoms with Crippen LogP contribution < -0.4 is 14.2 Å². The van der Waals surface area contributed by atoms with E-state index in [0.717, 1.165) is 47.1 Å². The summed E-state index contributed by atoms with van der Waals surface area (Å²) in [6.07, 6.45) is 5.16. The third-order valence-electron chi connectivity index (χ3n) is 10.2. The molecule has 1 aliphatic carbocycles. The highest BCUT2D eigenvalue weighted by molar-refractivity contribution is 7.89. The Balaban J connectivity index is 1.25. The van der Waals surface area contributed by atoms with Gasteiger partial charge in [-0.15, -0.1) is 0 Å². The Morgan fingerprint density at radius 1 is 0.793 bits per heavy atom. The number of carbonyl (C=O) groups is 1. The summed E-state index contributed by atoms with van der Waals surface area (Å²) in [4.78, 5) is 17.6. The molecule has 0 aliphatic heterocycles. The molecule has 0 amide bonds. The van der Waals surface area contributed by atoms with Crippen LogP contribution in [0.25, 0.3) is 11.1 Å². The summed E-state index contributed by atoms with van der Waals surface area (Å²) < 4.78 is 53.3. The molecule has 6 rings (SSSR count). The normalized spacial score (nSPS) is 13.0. The first-order valence-electron chi connectivity index (χ1n) is 19.6. The molecule has 1 aromatic heterocycles. The number of carbonyl (C=O) groups excluding carboxylic acids is 1. The van der Waals surface area contributed by atoms with Gasteiger partial charge in [-0.2, -0.15) is 4.31 Å². The maximum absolute atomic E-state index is 14.6. The van der Waals surface area contributed by atoms with Gasteiger partial charge in [-0.05, 0) is 146 Å². The number of nitrogens with zero attached hydrogens (tertiary/aromatic N) is 2. The minimum Gasteiger partial charge on any atom is -0.497 e. The van der Waals surface area contributed by atoms with Crippen molar-refractivity contribution < 1.29 is 37.3 Å². The number of aromatic nitrogens is 1. The van der Waals surface area contributed by atoms with Crippen LogP contribution in [0.2, 0.25) is 0 Å². The Kier molecular flexibility index (Phi) is 12.9. The van der Waals surface area contributed by atoms with Crippen molar-refractivity contribution in [2.75, 3.05) is 20.8 Å². The number of methoxy groups -OCH3 is 2. The van der Waals surface area contributed by atoms with Crippen molar-refractivity contribution in [3.05, 3.63) is 136 Å². The molecule has 5 aromatic rings. The van der Waals surface area contributed by atoms with E-state index in [4.69, 9.17) is 18.9 Å². The van der Waals surface area contributed by atoms with E-state index in [1.165, 1.54) is 15.4 Å². The average Bonchev–Trinajstić information content (AvgIpc) is 3.67. The van der Waals surface area contributed by atoms with Crippen LogP contribution in [-0.4, -0.2) is 55.2 Å². The number of ether oxygens (including phenoxy) is 4. The van der Waals surface area contributed by atoms with Gasteiger partial charge in [0.05, 0.1) is 37.7 Å². The molecule has 0 atom stereocenters. The number of benzene rings is 4. The number of hydrogen-bond donors (Lipinski definition) is 1. The van der Waals surface area contributed by atoms with Crippen molar-refractivity contribution in [2.24, 2.45) is 0 Å². The number of aryl methyl sites for hydroxylation is 1. The van der Waals surface area contributed by atoms with Gasteiger partial charge < -0.3 is 24.1 Å². The molecule has 0 unspecified atom stereocenters. The van der Waals surface area contributed by atoms with Gasteiger partial charge in [0.15, 0.2) is 0 Å². The van der Waals surface area contributed by atoms with Gasteiger partial charge >= 0.3 is 5.97 Å². The zero-order valence-electron chi connectivity index (χ0n) is 34.5. The number of sulfonamides is 1. The maximum atomic E-state index is 14.6. The summed E-state index contributed by atoms with van der Waals surface area (Å²) >= 11 is 0. The lowest BCUT2D eigenvalue weighted by molar-refractivity contribution is -0.153. The van der Waals surface area contributed by atoms with Crippen molar-refractivity contribution in [3.63, 3.8) is 0 Å². The first-order valence-corrected chi connectivity index (χ1v) is 21.0. The molecule has 0 radical (unpaired) electrons. The van der Waals surface area contributed by atoms with Gasteiger partial charge in [0.1, 0.15) is 17.1 Å². The summed E-state index contributed by atoms with van der Waals surface area (Å²) in [5, 5.41) is 11.1. The van der Waals surface area contributed by atoms with Crippen molar-refractivity contribution in [2.45, 2.75) is 95.9 Å². The molecule has 0 spiro atoms. The molecular weight excluding hydrogens is 753 g/mol. The molecular formula is C47H54N2O8S. The summed E-state index contributed by atoms with van der Waals surface area (Å²) in [5.74, 6) is 1.48. The fourth-order valence-electron chi connectivity index (χ4n) is 7.22. The van der Waals surface area contributed by atoms with Gasteiger partial charge in [-0.25, -0.2) is 13.4 Å². The highest BCUT2D eigenvalue weighted by Crippen LogP contribution is 2.35. The molecule has 4 aromatic carbocycles. The SMILES string of the molecule is COc1ccc(CN(Cc2ccc(OC)cc2)S(=O)(=O)c2cc(CCOc3cc(-c4ccc5c(c4CC(=O)OC(C)(C)C)CCC5)ccn3)cc(C(C)(C)O)c2)cc1. The van der Waals surface area contributed by atoms with E-state index < -0.39 is 21.2 Å². The van der Waals surface area contributed by atoms with E-state index in [-0.39, 0.29) is 37.0 Å². The topological polar surface area (TPSA) is 124 Å². The maximum Gasteiger partial charge on any atom is 0.310 e. The van der Waals surface area contributed by atoms with Crippen LogP contribution in [0.15, 0.2) is 102 Å². The van der Waals surface area contributed by atoms with Crippen molar-refractivity contribution in [3.8, 4) is 28.5 Å². The quantitative estimate of drug-likeness (QED) is 0.0980. The molecule has 0 saturated heterocycles. The van der Waals surface area contributed by atoms with E-state index in [2.05, 4.69) is 17.1 Å². The van der Waals surface area contributed by atoms with Crippen LogP contribution in [0, 0.1) is 0 Å². The monoisotopic (exact) mass is 806 g/mol. The third-order valence-corrected chi connectivity index (χ3v) is 11.9. The molecule has 0 saturated carbocycles. The smallest absolute Gasteiger partial charge is 0.310 e. The van der Waals surface area contributed by atoms with Gasteiger partial charge in [0.25, 0.3) is 0 Å². The van der Waals surface area contributed by atoms with Gasteiger partial charge in [-0.3, -0.25) is 4.79 Å². The number of aliphatic hydroxyl groups is 1. The van der Waals surface area contributed by atoms with E-state index >= 15 is 0 Å². The Morgan fingerprint density at radius 3 is 2.02 bits per heavy atom. The largest absolute Gasteiger partial charge is 0.497 e. The van der Waals surface area contributed by atoms with Crippen molar-refractivity contribution in [1.29, 1.82) is 0 Å². The van der Waals surface area contributed by atoms with Gasteiger partial charge in [0.2, 0.25) is 15.9 Å². The predicted octanol–water partition coefficient (Wildman–Crippen LogP) is 8.38. The predicted molar refractivity (Wildman–Crippen MR) is 225 cm³/mol. The lowest BCUT2D eigenvalue weighted by Gasteiger charge is -2.25. The molecule has 0 fully saturated rings. The standard InChI is InChI=1S/C47H54N2O8S/c1-46(2,3)57-45(50)29-43-41-10-8-9-35(41)15-20-42(43)36-21-23-48-44(27-36)56-24-22-34-25-37(47(4,5)51)28-40(26-34)58(52,53)49(30-32-11-16-38(54-6)17-12-32)31-33-13-18-39(55-7)19-14-33/h11-21,23,25-28,51H,8-10,22,24,29-31H2,1-7H3. The second-order valence-corrected chi connectivity index (χ2v) is 18.2. The van der Waals surface area contributed by atoms with Crippen LogP contribution in [0.5, 0.6) is 17.4 Å². The van der Waals surface area contributed by atoms with Gasteiger partial charge in [-0.1, -0.05) is 42.5 Å². The molecule has 10 nitrogen and oxygen atoms in total. The molecule has 1 N–H and O–H groups in total. The zero-order valence-corrected chi connectivity index (χ0v) is 35.3. The van der Waals surface area contributed by atoms with Crippen LogP contribution in [-0.2, 0) is 63.9 Å². The molecule has 306 valence electrons. The lowest BCUT2D eigenvalue weighted by Crippen LogP contribution is -2.31. The lowest BCUT2D eigenvalue weighted by atomic mass is 9.91. The first-order chi connectivity index (χ1) is 27.5. The highest BCUT2D eigenvalue weighted by Gasteiger charge is 2.29. The van der Waals surface area contributed by atoms with Crippen molar-refractivity contribution in [1.82, 2.24) is 9.29 Å². The van der Waals surface area contributed by atoms with E-state index in [0.29, 0.717) is 34.9 Å². The number of esters is 1. The van der Waals surface area contributed by atoms with E-state index in [1.807, 2.05) is 63.2 Å². The summed E-state index contributed by atoms with van der Waals surface area (Å²) in [6, 6.07) is 27.6. The minimum absolute atomic E-state index is 0.0680. The second kappa shape index (κ2) is 17.7. The third kappa shape index (κ3) is 10.6. The molecule has 1 heterocycles. The van der Waals surface area contributed by atoms with Crippen LogP contribution >= 0.6 is 0 Å². The van der Waals surface area contributed by atoms with E-state index in [1.54, 1.807) is 70.7 Å². The Labute approximate surface area is 342 Å². The minimum atomic E-state index is -4.10. The average molecular weight is 807 g/mol. The van der Waals surface area contributed by atoms with Crippen LogP contribution in [0.4, 0.5) is 0 Å². The fraction of sp³-hybridized carbons (Fsp3) is 0.362. The van der Waals surface area contributed by atoms with Gasteiger partial charge in [0, 0.05) is 31.8 Å². The first kappa shape index (κ1) is 42.4. The number of pyridine rings is 1. The zero-order chi connectivity index (χ0) is 41.7.